The summed E-state index contributed by atoms with van der Waals surface area (Å²) in [6, 6.07) is 16.4. The predicted molar refractivity (Wildman–Crippen MR) is 164 cm³/mol. The Kier molecular flexibility index (Phi) is 11.7. The molecule has 37 heavy (non-hydrogen) atoms. The molecule has 1 unspecified atom stereocenters. The van der Waals surface area contributed by atoms with E-state index in [0.29, 0.717) is 0 Å². The third-order valence-electron chi connectivity index (χ3n) is 8.25. The summed E-state index contributed by atoms with van der Waals surface area (Å²) in [5.74, 6) is 0.850. The van der Waals surface area contributed by atoms with Crippen LogP contribution in [0.1, 0.15) is 120 Å². The Morgan fingerprint density at radius 1 is 0.676 bits per heavy atom. The van der Waals surface area contributed by atoms with E-state index in [1.165, 1.54) is 131 Å². The molecule has 1 aliphatic carbocycles. The average Bonchev–Trinajstić information content (AvgIpc) is 3.57. The molecule has 1 aromatic heterocycles. The normalized spacial score (nSPS) is 14.8. The summed E-state index contributed by atoms with van der Waals surface area (Å²) in [5, 5.41) is 1.16. The van der Waals surface area contributed by atoms with Gasteiger partial charge in [-0.2, -0.15) is 0 Å². The second-order valence-corrected chi connectivity index (χ2v) is 12.4. The van der Waals surface area contributed by atoms with Crippen LogP contribution in [-0.2, 0) is 19.3 Å². The third-order valence-corrected chi connectivity index (χ3v) is 9.34. The predicted octanol–water partition coefficient (Wildman–Crippen LogP) is 11.2. The molecule has 3 aromatic rings. The van der Waals surface area contributed by atoms with Crippen LogP contribution in [-0.4, -0.2) is 4.98 Å². The number of rotatable bonds is 17. The van der Waals surface area contributed by atoms with Gasteiger partial charge in [0.2, 0.25) is 0 Å². The molecule has 1 nitrogen and oxygen atoms in total. The number of hydrogen-bond acceptors (Lipinski definition) is 2. The summed E-state index contributed by atoms with van der Waals surface area (Å²) in [7, 11) is 0. The fraction of sp³-hybridized carbons (Fsp3) is 0.571. The van der Waals surface area contributed by atoms with Crippen LogP contribution in [0.2, 0.25) is 0 Å². The van der Waals surface area contributed by atoms with Gasteiger partial charge in [0.05, 0.1) is 4.88 Å². The number of thiazole rings is 1. The van der Waals surface area contributed by atoms with E-state index in [4.69, 9.17) is 4.98 Å². The number of nitrogens with zero attached hydrogens (tertiary/aromatic N) is 1. The number of hydrogen-bond donors (Lipinski definition) is 0. The monoisotopic (exact) mass is 515 g/mol. The van der Waals surface area contributed by atoms with E-state index in [9.17, 15) is 0 Å². The van der Waals surface area contributed by atoms with Gasteiger partial charge in [-0.1, -0.05) is 127 Å². The zero-order valence-corrected chi connectivity index (χ0v) is 24.4. The number of unbranched alkanes of at least 4 members (excludes halogenated alkanes) is 11. The molecule has 1 heterocycles. The second-order valence-electron chi connectivity index (χ2n) is 11.4. The van der Waals surface area contributed by atoms with Crippen LogP contribution >= 0.6 is 11.3 Å². The van der Waals surface area contributed by atoms with Gasteiger partial charge < -0.3 is 0 Å². The van der Waals surface area contributed by atoms with Crippen molar-refractivity contribution in [3.63, 3.8) is 0 Å². The van der Waals surface area contributed by atoms with Gasteiger partial charge in [-0.15, -0.1) is 11.3 Å². The van der Waals surface area contributed by atoms with E-state index in [0.717, 1.165) is 10.9 Å². The zero-order valence-electron chi connectivity index (χ0n) is 23.6. The van der Waals surface area contributed by atoms with Gasteiger partial charge >= 0.3 is 0 Å². The summed E-state index contributed by atoms with van der Waals surface area (Å²) in [6.45, 7) is 4.59. The van der Waals surface area contributed by atoms with Gasteiger partial charge in [-0.3, -0.25) is 0 Å². The van der Waals surface area contributed by atoms with E-state index >= 15 is 0 Å². The van der Waals surface area contributed by atoms with Gasteiger partial charge in [0.1, 0.15) is 5.01 Å². The molecule has 0 fully saturated rings. The molecule has 0 amide bonds. The van der Waals surface area contributed by atoms with Gasteiger partial charge in [0.15, 0.2) is 0 Å². The molecular weight excluding hydrogens is 466 g/mol. The summed E-state index contributed by atoms with van der Waals surface area (Å²) >= 11 is 1.83. The summed E-state index contributed by atoms with van der Waals surface area (Å²) in [5.41, 5.74) is 7.21. The van der Waals surface area contributed by atoms with Crippen molar-refractivity contribution in [2.75, 3.05) is 0 Å². The minimum atomic E-state index is 0.850. The largest absolute Gasteiger partial charge is 0.244 e. The van der Waals surface area contributed by atoms with Crippen LogP contribution in [0.15, 0.2) is 48.7 Å². The van der Waals surface area contributed by atoms with Crippen molar-refractivity contribution in [3.05, 3.63) is 65.4 Å². The molecule has 1 atom stereocenters. The van der Waals surface area contributed by atoms with Crippen LogP contribution in [0.25, 0.3) is 21.0 Å². The molecule has 0 N–H and O–H groups in total. The van der Waals surface area contributed by atoms with Crippen molar-refractivity contribution < 1.29 is 0 Å². The highest BCUT2D eigenvalue weighted by atomic mass is 32.1. The Bertz CT molecular complexity index is 1050. The summed E-state index contributed by atoms with van der Waals surface area (Å²) in [4.78, 5) is 6.10. The molecule has 0 radical (unpaired) electrons. The molecule has 2 aromatic carbocycles. The SMILES string of the molecule is CCCCCCCCCc1ccc(-c2cnc(-c3ccc4c(c3)CC(CCCCCCCC)C4)s2)cc1. The second kappa shape index (κ2) is 15.5. The van der Waals surface area contributed by atoms with E-state index < -0.39 is 0 Å². The topological polar surface area (TPSA) is 12.9 Å². The molecule has 1 aliphatic rings. The van der Waals surface area contributed by atoms with E-state index in [2.05, 4.69) is 62.5 Å². The highest BCUT2D eigenvalue weighted by Gasteiger charge is 2.22. The quantitative estimate of drug-likeness (QED) is 0.163. The standard InChI is InChI=1S/C35H49NS/c1-3-5-7-9-11-13-14-16-28-18-20-30(21-19-28)34-27-36-35(37-34)32-23-22-31-24-29(25-33(31)26-32)17-15-12-10-8-6-4-2/h18-23,26-27,29H,3-17,24-25H2,1-2H3. The van der Waals surface area contributed by atoms with E-state index in [1.807, 2.05) is 11.3 Å². The lowest BCUT2D eigenvalue weighted by atomic mass is 9.97. The number of fused-ring (bicyclic) bond motifs is 1. The van der Waals surface area contributed by atoms with Crippen molar-refractivity contribution in [2.24, 2.45) is 5.92 Å². The fourth-order valence-electron chi connectivity index (χ4n) is 5.92. The van der Waals surface area contributed by atoms with Crippen LogP contribution in [0.3, 0.4) is 0 Å². The molecular formula is C35H49NS. The van der Waals surface area contributed by atoms with Crippen molar-refractivity contribution >= 4 is 11.3 Å². The maximum atomic E-state index is 4.82. The number of aryl methyl sites for hydroxylation is 1. The van der Waals surface area contributed by atoms with Gasteiger partial charge in [0, 0.05) is 11.8 Å². The first-order valence-corrected chi connectivity index (χ1v) is 16.3. The molecule has 2 heteroatoms. The Hall–Kier alpha value is -1.93. The highest BCUT2D eigenvalue weighted by molar-refractivity contribution is 7.18. The highest BCUT2D eigenvalue weighted by Crippen LogP contribution is 2.36. The molecule has 4 rings (SSSR count). The van der Waals surface area contributed by atoms with Gasteiger partial charge in [0.25, 0.3) is 0 Å². The van der Waals surface area contributed by atoms with Gasteiger partial charge in [-0.25, -0.2) is 4.98 Å². The minimum Gasteiger partial charge on any atom is -0.244 e. The third kappa shape index (κ3) is 8.81. The first kappa shape index (κ1) is 28.1. The van der Waals surface area contributed by atoms with Crippen molar-refractivity contribution in [1.82, 2.24) is 4.98 Å². The van der Waals surface area contributed by atoms with Crippen LogP contribution in [0.4, 0.5) is 0 Å². The maximum Gasteiger partial charge on any atom is 0.123 e. The lowest BCUT2D eigenvalue weighted by Gasteiger charge is -2.08. The first-order valence-electron chi connectivity index (χ1n) is 15.4. The molecule has 0 saturated carbocycles. The van der Waals surface area contributed by atoms with Crippen molar-refractivity contribution in [3.8, 4) is 21.0 Å². The van der Waals surface area contributed by atoms with E-state index in [-0.39, 0.29) is 0 Å². The van der Waals surface area contributed by atoms with E-state index in [1.54, 1.807) is 11.1 Å². The fourth-order valence-corrected chi connectivity index (χ4v) is 6.84. The first-order chi connectivity index (χ1) is 18.3. The molecule has 0 aliphatic heterocycles. The molecule has 0 bridgehead atoms. The molecule has 200 valence electrons. The van der Waals surface area contributed by atoms with Crippen LogP contribution in [0.5, 0.6) is 0 Å². The minimum absolute atomic E-state index is 0.850. The smallest absolute Gasteiger partial charge is 0.123 e. The molecule has 0 saturated heterocycles. The Labute approximate surface area is 231 Å². The lowest BCUT2D eigenvalue weighted by Crippen LogP contribution is -1.99. The zero-order chi connectivity index (χ0) is 25.7. The number of benzene rings is 2. The van der Waals surface area contributed by atoms with Crippen LogP contribution < -0.4 is 0 Å². The Balaban J connectivity index is 1.24. The summed E-state index contributed by atoms with van der Waals surface area (Å²) in [6.07, 6.45) is 25.2. The molecule has 0 spiro atoms. The Morgan fingerprint density at radius 2 is 1.30 bits per heavy atom. The van der Waals surface area contributed by atoms with Crippen LogP contribution in [0, 0.1) is 5.92 Å². The Morgan fingerprint density at radius 3 is 2.03 bits per heavy atom. The maximum absolute atomic E-state index is 4.82. The van der Waals surface area contributed by atoms with Gasteiger partial charge in [-0.05, 0) is 66.3 Å². The van der Waals surface area contributed by atoms with Crippen molar-refractivity contribution in [1.29, 1.82) is 0 Å². The average molecular weight is 516 g/mol. The summed E-state index contributed by atoms with van der Waals surface area (Å²) < 4.78 is 0. The van der Waals surface area contributed by atoms with Crippen molar-refractivity contribution in [2.45, 2.75) is 123 Å². The number of aromatic nitrogens is 1. The lowest BCUT2D eigenvalue weighted by molar-refractivity contribution is 0.469.